The lowest BCUT2D eigenvalue weighted by Gasteiger charge is -2.43. The Hall–Kier alpha value is -3.39. The van der Waals surface area contributed by atoms with Crippen LogP contribution in [0.5, 0.6) is 0 Å². The molecule has 0 saturated carbocycles. The summed E-state index contributed by atoms with van der Waals surface area (Å²) in [5, 5.41) is 15.3. The summed E-state index contributed by atoms with van der Waals surface area (Å²) >= 11 is 8.11. The maximum absolute atomic E-state index is 14.0. The smallest absolute Gasteiger partial charge is 0.410 e. The predicted molar refractivity (Wildman–Crippen MR) is 177 cm³/mol. The normalized spacial score (nSPS) is 21.3. The topological polar surface area (TPSA) is 117 Å². The molecule has 6 heterocycles. The molecule has 12 nitrogen and oxygen atoms in total. The molecule has 0 bridgehead atoms. The number of piperidine rings is 2. The van der Waals surface area contributed by atoms with Gasteiger partial charge < -0.3 is 29.7 Å². The van der Waals surface area contributed by atoms with Crippen LogP contribution in [0.1, 0.15) is 36.8 Å². The van der Waals surface area contributed by atoms with Gasteiger partial charge in [0, 0.05) is 74.1 Å². The van der Waals surface area contributed by atoms with Gasteiger partial charge in [-0.25, -0.2) is 9.59 Å². The number of amides is 4. The Morgan fingerprint density at radius 1 is 1.00 bits per heavy atom. The van der Waals surface area contributed by atoms with Crippen molar-refractivity contribution in [1.29, 1.82) is 0 Å². The molecule has 3 fully saturated rings. The largest absolute Gasteiger partial charge is 0.436 e. The van der Waals surface area contributed by atoms with Gasteiger partial charge in [-0.1, -0.05) is 11.6 Å². The first-order chi connectivity index (χ1) is 22.3. The van der Waals surface area contributed by atoms with Crippen LogP contribution in [0.4, 0.5) is 15.3 Å². The molecule has 0 radical (unpaired) electrons. The van der Waals surface area contributed by atoms with Crippen molar-refractivity contribution in [3.8, 4) is 0 Å². The van der Waals surface area contributed by atoms with Gasteiger partial charge in [0.05, 0.1) is 29.0 Å². The van der Waals surface area contributed by atoms with Crippen LogP contribution in [0.3, 0.4) is 0 Å². The Bertz CT molecular complexity index is 1570. The molecule has 4 aliphatic heterocycles. The number of benzene rings is 1. The molecule has 3 saturated heterocycles. The van der Waals surface area contributed by atoms with Gasteiger partial charge in [0.2, 0.25) is 0 Å². The number of urea groups is 1. The standard InChI is InChI=1S/C32H41ClN8O4S/c1-37-6-2-24(3-7-37)38-10-12-39(13-11-38)30(42)28(16-21-14-22-17-34-36-29(22)26(33)15-21)45-32(44)40-8-4-25(5-9-40)41-18-23-19-46-20-27(23)35-31(41)43/h14-15,17,19-20,24-25,28H,2-13,16,18H2,1H3,(H,34,36)(H,35,43). The molecular weight excluding hydrogens is 628 g/mol. The number of nitrogens with zero attached hydrogens (tertiary/aromatic N) is 6. The van der Waals surface area contributed by atoms with Gasteiger partial charge in [-0.15, -0.1) is 11.3 Å². The lowest BCUT2D eigenvalue weighted by Crippen LogP contribution is -2.56. The van der Waals surface area contributed by atoms with Crippen molar-refractivity contribution in [2.24, 2.45) is 0 Å². The fourth-order valence-electron chi connectivity index (χ4n) is 7.30. The third-order valence-electron chi connectivity index (χ3n) is 10.1. The number of hydrogen-bond donors (Lipinski definition) is 2. The van der Waals surface area contributed by atoms with Gasteiger partial charge in [0.1, 0.15) is 0 Å². The number of fused-ring (bicyclic) bond motifs is 2. The molecule has 1 atom stereocenters. The highest BCUT2D eigenvalue weighted by atomic mass is 35.5. The number of aromatic amines is 1. The van der Waals surface area contributed by atoms with Crippen LogP contribution in [-0.2, 0) is 22.5 Å². The minimum Gasteiger partial charge on any atom is -0.436 e. The number of nitrogens with one attached hydrogen (secondary N) is 2. The van der Waals surface area contributed by atoms with Crippen LogP contribution in [0.2, 0.25) is 5.02 Å². The first-order valence-electron chi connectivity index (χ1n) is 16.2. The fraction of sp³-hybridized carbons (Fsp3) is 0.562. The number of halogens is 1. The van der Waals surface area contributed by atoms with Crippen LogP contribution in [0.15, 0.2) is 29.1 Å². The highest BCUT2D eigenvalue weighted by Gasteiger charge is 2.37. The van der Waals surface area contributed by atoms with E-state index in [1.807, 2.05) is 27.3 Å². The maximum Gasteiger partial charge on any atom is 0.410 e. The Balaban J connectivity index is 1.00. The minimum atomic E-state index is -0.981. The van der Waals surface area contributed by atoms with E-state index in [0.717, 1.165) is 66.7 Å². The average Bonchev–Trinajstić information content (AvgIpc) is 3.74. The number of ether oxygens (including phenoxy) is 1. The lowest BCUT2D eigenvalue weighted by atomic mass is 10.0. The van der Waals surface area contributed by atoms with Gasteiger partial charge in [-0.3, -0.25) is 14.8 Å². The lowest BCUT2D eigenvalue weighted by molar-refractivity contribution is -0.143. The van der Waals surface area contributed by atoms with Crippen molar-refractivity contribution < 1.29 is 19.1 Å². The summed E-state index contributed by atoms with van der Waals surface area (Å²) in [5.41, 5.74) is 3.54. The first kappa shape index (κ1) is 31.2. The van der Waals surface area contributed by atoms with Crippen LogP contribution in [0.25, 0.3) is 10.9 Å². The van der Waals surface area contributed by atoms with E-state index in [2.05, 4.69) is 37.7 Å². The monoisotopic (exact) mass is 668 g/mol. The number of carbonyl (C=O) groups excluding carboxylic acids is 3. The van der Waals surface area contributed by atoms with E-state index in [9.17, 15) is 14.4 Å². The number of anilines is 1. The molecule has 0 aliphatic carbocycles. The van der Waals surface area contributed by atoms with Crippen LogP contribution in [-0.4, -0.2) is 130 Å². The SMILES string of the molecule is CN1CCC(N2CCN(C(=O)C(Cc3cc(Cl)c4[nH]ncc4c3)OC(=O)N3CCC(N4Cc5cscc5NC4=O)CC3)CC2)CC1. The Morgan fingerprint density at radius 2 is 1.74 bits per heavy atom. The van der Waals surface area contributed by atoms with Gasteiger partial charge in [0.15, 0.2) is 6.10 Å². The Morgan fingerprint density at radius 3 is 2.50 bits per heavy atom. The highest BCUT2D eigenvalue weighted by Crippen LogP contribution is 2.31. The molecule has 2 aromatic heterocycles. The van der Waals surface area contributed by atoms with Crippen molar-refractivity contribution in [3.05, 3.63) is 45.2 Å². The molecule has 2 N–H and O–H groups in total. The zero-order valence-corrected chi connectivity index (χ0v) is 27.7. The van der Waals surface area contributed by atoms with Crippen LogP contribution >= 0.6 is 22.9 Å². The molecule has 1 unspecified atom stereocenters. The van der Waals surface area contributed by atoms with E-state index < -0.39 is 12.2 Å². The molecule has 4 amide bonds. The summed E-state index contributed by atoms with van der Waals surface area (Å²) in [6, 6.07) is 4.23. The zero-order valence-electron chi connectivity index (χ0n) is 26.1. The summed E-state index contributed by atoms with van der Waals surface area (Å²) in [6.07, 6.45) is 4.02. The number of rotatable bonds is 6. The summed E-state index contributed by atoms with van der Waals surface area (Å²) < 4.78 is 6.05. The van der Waals surface area contributed by atoms with E-state index in [-0.39, 0.29) is 24.4 Å². The summed E-state index contributed by atoms with van der Waals surface area (Å²) in [6.45, 7) is 6.53. The zero-order chi connectivity index (χ0) is 31.8. The van der Waals surface area contributed by atoms with E-state index in [1.165, 1.54) is 0 Å². The maximum atomic E-state index is 14.0. The van der Waals surface area contributed by atoms with Gasteiger partial charge >= 0.3 is 12.1 Å². The molecule has 246 valence electrons. The third-order valence-corrected chi connectivity index (χ3v) is 11.2. The quantitative estimate of drug-likeness (QED) is 0.407. The van der Waals surface area contributed by atoms with Crippen molar-refractivity contribution >= 4 is 57.6 Å². The van der Waals surface area contributed by atoms with Crippen molar-refractivity contribution in [3.63, 3.8) is 0 Å². The van der Waals surface area contributed by atoms with Crippen molar-refractivity contribution in [2.45, 2.75) is 56.8 Å². The second-order valence-corrected chi connectivity index (χ2v) is 14.1. The van der Waals surface area contributed by atoms with Crippen LogP contribution < -0.4 is 5.32 Å². The summed E-state index contributed by atoms with van der Waals surface area (Å²) in [4.78, 5) is 50.6. The minimum absolute atomic E-state index is 0.0271. The number of aromatic nitrogens is 2. The number of H-pyrrole nitrogens is 1. The van der Waals surface area contributed by atoms with Crippen molar-refractivity contribution in [2.75, 3.05) is 64.7 Å². The van der Waals surface area contributed by atoms with Gasteiger partial charge in [0.25, 0.3) is 5.91 Å². The Kier molecular flexibility index (Phi) is 9.08. The Labute approximate surface area is 277 Å². The number of hydrogen-bond acceptors (Lipinski definition) is 8. The van der Waals surface area contributed by atoms with Crippen molar-refractivity contribution in [1.82, 2.24) is 34.7 Å². The van der Waals surface area contributed by atoms with E-state index in [4.69, 9.17) is 16.3 Å². The molecule has 14 heteroatoms. The van der Waals surface area contributed by atoms with Crippen LogP contribution in [0, 0.1) is 0 Å². The molecular formula is C32H41ClN8O4S. The molecule has 0 spiro atoms. The van der Waals surface area contributed by atoms with E-state index in [0.29, 0.717) is 56.6 Å². The second-order valence-electron chi connectivity index (χ2n) is 13.0. The fourth-order valence-corrected chi connectivity index (χ4v) is 8.38. The van der Waals surface area contributed by atoms with Gasteiger partial charge in [-0.2, -0.15) is 5.10 Å². The van der Waals surface area contributed by atoms with Gasteiger partial charge in [-0.05, 0) is 68.9 Å². The third kappa shape index (κ3) is 6.55. The molecule has 46 heavy (non-hydrogen) atoms. The molecule has 3 aromatic rings. The summed E-state index contributed by atoms with van der Waals surface area (Å²) in [5.74, 6) is -0.175. The molecule has 4 aliphatic rings. The first-order valence-corrected chi connectivity index (χ1v) is 17.6. The number of carbonyl (C=O) groups is 3. The highest BCUT2D eigenvalue weighted by molar-refractivity contribution is 7.08. The predicted octanol–water partition coefficient (Wildman–Crippen LogP) is 4.08. The van der Waals surface area contributed by atoms with E-state index >= 15 is 0 Å². The number of piperazine rings is 1. The van der Waals surface area contributed by atoms with E-state index in [1.54, 1.807) is 22.4 Å². The molecule has 7 rings (SSSR count). The second kappa shape index (κ2) is 13.4. The molecule has 1 aromatic carbocycles. The number of likely N-dealkylation sites (tertiary alicyclic amines) is 2. The number of thiophene rings is 1. The average molecular weight is 669 g/mol. The summed E-state index contributed by atoms with van der Waals surface area (Å²) in [7, 11) is 2.17.